The van der Waals surface area contributed by atoms with Gasteiger partial charge in [-0.15, -0.1) is 0 Å². The first-order valence-electron chi connectivity index (χ1n) is 11.4. The molecule has 0 aliphatic carbocycles. The highest BCUT2D eigenvalue weighted by atomic mass is 32.2. The summed E-state index contributed by atoms with van der Waals surface area (Å²) < 4.78 is 31.9. The maximum absolute atomic E-state index is 12.8. The molecule has 0 spiro atoms. The lowest BCUT2D eigenvalue weighted by atomic mass is 10.0. The van der Waals surface area contributed by atoms with E-state index in [9.17, 15) is 22.8 Å². The molecule has 0 unspecified atom stereocenters. The second-order valence-corrected chi connectivity index (χ2v) is 9.92. The molecule has 1 aromatic rings. The second kappa shape index (κ2) is 13.9. The van der Waals surface area contributed by atoms with Crippen LogP contribution in [0, 0.1) is 5.92 Å². The normalized spacial score (nSPS) is 12.5. The highest BCUT2D eigenvalue weighted by Crippen LogP contribution is 2.17. The predicted octanol–water partition coefficient (Wildman–Crippen LogP) is 2.32. The number of benzene rings is 1. The highest BCUT2D eigenvalue weighted by Gasteiger charge is 2.28. The summed E-state index contributed by atoms with van der Waals surface area (Å²) in [4.78, 5) is 37.1. The molecule has 0 aliphatic heterocycles. The molecule has 9 nitrogen and oxygen atoms in total. The number of nitrogens with one attached hydrogen (secondary N) is 2. The molecule has 1 aromatic carbocycles. The van der Waals surface area contributed by atoms with E-state index >= 15 is 0 Å². The van der Waals surface area contributed by atoms with Gasteiger partial charge < -0.3 is 15.4 Å². The Morgan fingerprint density at radius 1 is 1.06 bits per heavy atom. The lowest BCUT2D eigenvalue weighted by Gasteiger charge is -2.21. The molecule has 33 heavy (non-hydrogen) atoms. The molecular weight excluding hydrogens is 446 g/mol. The molecule has 0 aromatic heterocycles. The van der Waals surface area contributed by atoms with Gasteiger partial charge in [0.25, 0.3) is 11.8 Å². The standard InChI is InChI=1S/C23H37N3O6S/c1-6-9-10-14-24-20(27)16-32-23(29)21(17(4)5)25-22(28)18-12-11-13-19(15-18)33(30,31)26(7-2)8-3/h11-13,15,17,21H,6-10,14,16H2,1-5H3,(H,24,27)(H,25,28)/t21-/m0/s1. The summed E-state index contributed by atoms with van der Waals surface area (Å²) in [5, 5.41) is 5.28. The Labute approximate surface area is 197 Å². The van der Waals surface area contributed by atoms with Crippen molar-refractivity contribution in [2.75, 3.05) is 26.2 Å². The van der Waals surface area contributed by atoms with Crippen LogP contribution in [0.4, 0.5) is 0 Å². The lowest BCUT2D eigenvalue weighted by molar-refractivity contribution is -0.151. The smallest absolute Gasteiger partial charge is 0.329 e. The number of ether oxygens (including phenoxy) is 1. The van der Waals surface area contributed by atoms with Gasteiger partial charge in [-0.25, -0.2) is 13.2 Å². The molecule has 0 fully saturated rings. The van der Waals surface area contributed by atoms with Crippen molar-refractivity contribution in [1.29, 1.82) is 0 Å². The molecule has 2 amide bonds. The van der Waals surface area contributed by atoms with Gasteiger partial charge >= 0.3 is 5.97 Å². The van der Waals surface area contributed by atoms with Crippen LogP contribution in [0.3, 0.4) is 0 Å². The van der Waals surface area contributed by atoms with Gasteiger partial charge in [0.1, 0.15) is 6.04 Å². The summed E-state index contributed by atoms with van der Waals surface area (Å²) >= 11 is 0. The average molecular weight is 484 g/mol. The van der Waals surface area contributed by atoms with Gasteiger partial charge in [-0.2, -0.15) is 4.31 Å². The van der Waals surface area contributed by atoms with Crippen LogP contribution in [0.2, 0.25) is 0 Å². The first kappa shape index (κ1) is 28.6. The zero-order chi connectivity index (χ0) is 25.0. The highest BCUT2D eigenvalue weighted by molar-refractivity contribution is 7.89. The number of hydrogen-bond donors (Lipinski definition) is 2. The third-order valence-electron chi connectivity index (χ3n) is 5.09. The summed E-state index contributed by atoms with van der Waals surface area (Å²) in [6.45, 7) is 9.71. The number of hydrogen-bond acceptors (Lipinski definition) is 6. The van der Waals surface area contributed by atoms with E-state index < -0.39 is 40.5 Å². The minimum atomic E-state index is -3.73. The first-order valence-corrected chi connectivity index (χ1v) is 12.9. The van der Waals surface area contributed by atoms with Gasteiger partial charge in [0.15, 0.2) is 6.61 Å². The zero-order valence-corrected chi connectivity index (χ0v) is 21.0. The van der Waals surface area contributed by atoms with Crippen LogP contribution in [0.15, 0.2) is 29.2 Å². The quantitative estimate of drug-likeness (QED) is 0.309. The number of sulfonamides is 1. The van der Waals surface area contributed by atoms with Crippen molar-refractivity contribution in [1.82, 2.24) is 14.9 Å². The van der Waals surface area contributed by atoms with Crippen molar-refractivity contribution in [3.05, 3.63) is 29.8 Å². The first-order chi connectivity index (χ1) is 15.6. The van der Waals surface area contributed by atoms with Crippen molar-refractivity contribution in [3.63, 3.8) is 0 Å². The minimum Gasteiger partial charge on any atom is -0.454 e. The monoisotopic (exact) mass is 483 g/mol. The molecule has 0 bridgehead atoms. The van der Waals surface area contributed by atoms with E-state index in [4.69, 9.17) is 4.74 Å². The molecular formula is C23H37N3O6S. The van der Waals surface area contributed by atoms with Crippen LogP contribution in [0.1, 0.15) is 64.2 Å². The number of carbonyl (C=O) groups excluding carboxylic acids is 3. The molecule has 1 atom stereocenters. The Hall–Kier alpha value is -2.46. The number of unbranched alkanes of at least 4 members (excludes halogenated alkanes) is 2. The van der Waals surface area contributed by atoms with Crippen molar-refractivity contribution in [2.45, 2.75) is 64.8 Å². The minimum absolute atomic E-state index is 0.00210. The molecule has 0 saturated heterocycles. The third-order valence-corrected chi connectivity index (χ3v) is 7.14. The van der Waals surface area contributed by atoms with E-state index in [1.807, 2.05) is 0 Å². The Morgan fingerprint density at radius 3 is 2.30 bits per heavy atom. The predicted molar refractivity (Wildman–Crippen MR) is 126 cm³/mol. The number of carbonyl (C=O) groups is 3. The number of rotatable bonds is 14. The summed E-state index contributed by atoms with van der Waals surface area (Å²) in [6, 6.07) is 4.68. The van der Waals surface area contributed by atoms with Crippen LogP contribution in [0.5, 0.6) is 0 Å². The summed E-state index contributed by atoms with van der Waals surface area (Å²) in [5.74, 6) is -2.04. The van der Waals surface area contributed by atoms with Gasteiger partial charge in [-0.1, -0.05) is 53.5 Å². The Morgan fingerprint density at radius 2 is 1.73 bits per heavy atom. The molecule has 1 rings (SSSR count). The third kappa shape index (κ3) is 8.77. The summed E-state index contributed by atoms with van der Waals surface area (Å²) in [5.41, 5.74) is 0.107. The molecule has 10 heteroatoms. The van der Waals surface area contributed by atoms with Crippen LogP contribution in [-0.4, -0.2) is 62.8 Å². The SMILES string of the molecule is CCCCCNC(=O)COC(=O)[C@@H](NC(=O)c1cccc(S(=O)(=O)N(CC)CC)c1)C(C)C. The average Bonchev–Trinajstić information content (AvgIpc) is 2.79. The fourth-order valence-electron chi connectivity index (χ4n) is 3.11. The number of amides is 2. The van der Waals surface area contributed by atoms with E-state index in [0.717, 1.165) is 19.3 Å². The van der Waals surface area contributed by atoms with Gasteiger partial charge in [0.2, 0.25) is 10.0 Å². The van der Waals surface area contributed by atoms with E-state index in [2.05, 4.69) is 17.6 Å². The number of esters is 1. The van der Waals surface area contributed by atoms with Crippen molar-refractivity contribution < 1.29 is 27.5 Å². The Balaban J connectivity index is 2.84. The van der Waals surface area contributed by atoms with Crippen LogP contribution >= 0.6 is 0 Å². The maximum Gasteiger partial charge on any atom is 0.329 e. The van der Waals surface area contributed by atoms with E-state index in [-0.39, 0.29) is 16.4 Å². The van der Waals surface area contributed by atoms with Gasteiger partial charge in [0, 0.05) is 25.2 Å². The Kier molecular flexibility index (Phi) is 12.1. The van der Waals surface area contributed by atoms with Gasteiger partial charge in [-0.3, -0.25) is 9.59 Å². The van der Waals surface area contributed by atoms with E-state index in [1.165, 1.54) is 28.6 Å². The van der Waals surface area contributed by atoms with E-state index in [1.54, 1.807) is 27.7 Å². The van der Waals surface area contributed by atoms with Gasteiger partial charge in [-0.05, 0) is 30.5 Å². The summed E-state index contributed by atoms with van der Waals surface area (Å²) in [6.07, 6.45) is 2.88. The van der Waals surface area contributed by atoms with Crippen molar-refractivity contribution in [3.8, 4) is 0 Å². The van der Waals surface area contributed by atoms with Crippen LogP contribution in [0.25, 0.3) is 0 Å². The Bertz CT molecular complexity index is 897. The topological polar surface area (TPSA) is 122 Å². The molecule has 0 radical (unpaired) electrons. The second-order valence-electron chi connectivity index (χ2n) is 7.98. The molecule has 0 heterocycles. The molecule has 0 aliphatic rings. The van der Waals surface area contributed by atoms with Crippen molar-refractivity contribution >= 4 is 27.8 Å². The summed E-state index contributed by atoms with van der Waals surface area (Å²) in [7, 11) is -3.73. The molecule has 2 N–H and O–H groups in total. The van der Waals surface area contributed by atoms with Crippen LogP contribution in [-0.2, 0) is 24.3 Å². The van der Waals surface area contributed by atoms with Crippen molar-refractivity contribution in [2.24, 2.45) is 5.92 Å². The zero-order valence-electron chi connectivity index (χ0n) is 20.2. The maximum atomic E-state index is 12.8. The largest absolute Gasteiger partial charge is 0.454 e. The van der Waals surface area contributed by atoms with Gasteiger partial charge in [0.05, 0.1) is 4.90 Å². The molecule has 186 valence electrons. The fourth-order valence-corrected chi connectivity index (χ4v) is 4.62. The lowest BCUT2D eigenvalue weighted by Crippen LogP contribution is -2.46. The molecule has 0 saturated carbocycles. The fraction of sp³-hybridized carbons (Fsp3) is 0.609. The number of nitrogens with zero attached hydrogens (tertiary/aromatic N) is 1. The van der Waals surface area contributed by atoms with E-state index in [0.29, 0.717) is 19.6 Å². The van der Waals surface area contributed by atoms with Crippen LogP contribution < -0.4 is 10.6 Å².